The fraction of sp³-hybridized carbons (Fsp3) is 0.235. The minimum atomic E-state index is -0.575. The van der Waals surface area contributed by atoms with Crippen LogP contribution in [0.15, 0.2) is 41.6 Å². The second kappa shape index (κ2) is 9.08. The van der Waals surface area contributed by atoms with E-state index in [0.29, 0.717) is 27.2 Å². The number of rotatable bonds is 6. The van der Waals surface area contributed by atoms with Gasteiger partial charge >= 0.3 is 5.97 Å². The number of esters is 1. The molecule has 2 rings (SSSR count). The van der Waals surface area contributed by atoms with Gasteiger partial charge in [0.2, 0.25) is 0 Å². The lowest BCUT2D eigenvalue weighted by molar-refractivity contribution is -0.133. The molecular weight excluding hydrogens is 383 g/mol. The van der Waals surface area contributed by atoms with E-state index < -0.39 is 5.97 Å². The summed E-state index contributed by atoms with van der Waals surface area (Å²) < 4.78 is 5.10. The first-order valence-electron chi connectivity index (χ1n) is 7.26. The summed E-state index contributed by atoms with van der Waals surface area (Å²) >= 11 is 13.2. The van der Waals surface area contributed by atoms with Crippen molar-refractivity contribution in [3.05, 3.63) is 57.7 Å². The standard InChI is InChI=1S/C17H16Cl2N2O3S/c1-21(9-11-5-6-13(18)14(19)8-11)15(22)10-24-17(23)12-4-3-7-20-16(12)25-2/h3-8H,9-10H2,1-2H3. The number of pyridine rings is 1. The summed E-state index contributed by atoms with van der Waals surface area (Å²) in [4.78, 5) is 29.8. The van der Waals surface area contributed by atoms with Crippen molar-refractivity contribution in [2.45, 2.75) is 11.6 Å². The molecule has 0 aliphatic rings. The molecule has 132 valence electrons. The first-order chi connectivity index (χ1) is 11.9. The number of carbonyl (C=O) groups excluding carboxylic acids is 2. The van der Waals surface area contributed by atoms with Crippen molar-refractivity contribution < 1.29 is 14.3 Å². The molecule has 0 N–H and O–H groups in total. The smallest absolute Gasteiger partial charge is 0.341 e. The largest absolute Gasteiger partial charge is 0.452 e. The van der Waals surface area contributed by atoms with E-state index in [4.69, 9.17) is 27.9 Å². The number of benzene rings is 1. The molecule has 0 radical (unpaired) electrons. The Bertz CT molecular complexity index is 786. The zero-order valence-corrected chi connectivity index (χ0v) is 16.0. The van der Waals surface area contributed by atoms with Gasteiger partial charge in [0.25, 0.3) is 5.91 Å². The van der Waals surface area contributed by atoms with Crippen molar-refractivity contribution in [1.29, 1.82) is 0 Å². The monoisotopic (exact) mass is 398 g/mol. The van der Waals surface area contributed by atoms with Crippen LogP contribution in [-0.2, 0) is 16.1 Å². The Balaban J connectivity index is 1.92. The summed E-state index contributed by atoms with van der Waals surface area (Å²) in [7, 11) is 1.62. The fourth-order valence-corrected chi connectivity index (χ4v) is 2.88. The maximum absolute atomic E-state index is 12.2. The highest BCUT2D eigenvalue weighted by molar-refractivity contribution is 7.98. The van der Waals surface area contributed by atoms with Gasteiger partial charge in [-0.2, -0.15) is 0 Å². The van der Waals surface area contributed by atoms with E-state index in [1.807, 2.05) is 6.26 Å². The highest BCUT2D eigenvalue weighted by Crippen LogP contribution is 2.23. The zero-order chi connectivity index (χ0) is 18.4. The first-order valence-corrected chi connectivity index (χ1v) is 9.24. The van der Waals surface area contributed by atoms with Crippen molar-refractivity contribution in [2.75, 3.05) is 19.9 Å². The quantitative estimate of drug-likeness (QED) is 0.544. The average Bonchev–Trinajstić information content (AvgIpc) is 2.62. The number of hydrogen-bond acceptors (Lipinski definition) is 5. The van der Waals surface area contributed by atoms with Gasteiger partial charge in [0.15, 0.2) is 6.61 Å². The fourth-order valence-electron chi connectivity index (χ4n) is 2.02. The van der Waals surface area contributed by atoms with Gasteiger partial charge in [-0.15, -0.1) is 11.8 Å². The van der Waals surface area contributed by atoms with Crippen molar-refractivity contribution in [3.8, 4) is 0 Å². The molecule has 0 bridgehead atoms. The van der Waals surface area contributed by atoms with Gasteiger partial charge in [-0.25, -0.2) is 9.78 Å². The Kier molecular flexibility index (Phi) is 7.11. The number of aromatic nitrogens is 1. The van der Waals surface area contributed by atoms with Crippen LogP contribution in [0, 0.1) is 0 Å². The Morgan fingerprint density at radius 2 is 2.00 bits per heavy atom. The minimum absolute atomic E-state index is 0.325. The maximum Gasteiger partial charge on any atom is 0.341 e. The third-order valence-corrected chi connectivity index (χ3v) is 4.79. The number of ether oxygens (including phenoxy) is 1. The second-order valence-corrected chi connectivity index (χ2v) is 6.74. The summed E-state index contributed by atoms with van der Waals surface area (Å²) in [6.07, 6.45) is 3.41. The number of thioether (sulfide) groups is 1. The molecule has 1 aromatic heterocycles. The molecule has 0 fully saturated rings. The molecule has 5 nitrogen and oxygen atoms in total. The molecule has 25 heavy (non-hydrogen) atoms. The first kappa shape index (κ1) is 19.6. The van der Waals surface area contributed by atoms with Gasteiger partial charge in [0.05, 0.1) is 15.6 Å². The normalized spacial score (nSPS) is 10.4. The predicted octanol–water partition coefficient (Wildman–Crippen LogP) is 3.93. The number of carbonyl (C=O) groups is 2. The Labute approximate surface area is 160 Å². The van der Waals surface area contributed by atoms with E-state index in [9.17, 15) is 9.59 Å². The molecular formula is C17H16Cl2N2O3S. The van der Waals surface area contributed by atoms with Gasteiger partial charge in [-0.3, -0.25) is 4.79 Å². The summed E-state index contributed by atoms with van der Waals surface area (Å²) in [5, 5.41) is 1.44. The number of likely N-dealkylation sites (N-methyl/N-ethyl adjacent to an activating group) is 1. The van der Waals surface area contributed by atoms with Crippen molar-refractivity contribution in [2.24, 2.45) is 0 Å². The van der Waals surface area contributed by atoms with Crippen molar-refractivity contribution in [3.63, 3.8) is 0 Å². The average molecular weight is 399 g/mol. The lowest BCUT2D eigenvalue weighted by Gasteiger charge is -2.17. The van der Waals surface area contributed by atoms with Crippen LogP contribution < -0.4 is 0 Å². The molecule has 1 aromatic carbocycles. The molecule has 1 amide bonds. The van der Waals surface area contributed by atoms with Crippen LogP contribution in [0.25, 0.3) is 0 Å². The van der Waals surface area contributed by atoms with Crippen molar-refractivity contribution >= 4 is 46.8 Å². The van der Waals surface area contributed by atoms with Gasteiger partial charge in [0, 0.05) is 19.8 Å². The Morgan fingerprint density at radius 1 is 1.24 bits per heavy atom. The van der Waals surface area contributed by atoms with E-state index in [1.54, 1.807) is 43.6 Å². The number of nitrogens with zero attached hydrogens (tertiary/aromatic N) is 2. The Morgan fingerprint density at radius 3 is 2.68 bits per heavy atom. The number of amides is 1. The van der Waals surface area contributed by atoms with Crippen LogP contribution in [-0.4, -0.2) is 41.7 Å². The molecule has 1 heterocycles. The van der Waals surface area contributed by atoms with Gasteiger partial charge in [-0.1, -0.05) is 29.3 Å². The minimum Gasteiger partial charge on any atom is -0.452 e. The van der Waals surface area contributed by atoms with Gasteiger partial charge in [0.1, 0.15) is 5.03 Å². The molecule has 0 atom stereocenters. The lowest BCUT2D eigenvalue weighted by atomic mass is 10.2. The van der Waals surface area contributed by atoms with Crippen molar-refractivity contribution in [1.82, 2.24) is 9.88 Å². The van der Waals surface area contributed by atoms with Crippen LogP contribution in [0.4, 0.5) is 0 Å². The molecule has 2 aromatic rings. The van der Waals surface area contributed by atoms with Crippen LogP contribution in [0.3, 0.4) is 0 Å². The number of hydrogen-bond donors (Lipinski definition) is 0. The molecule has 0 saturated heterocycles. The molecule has 0 spiro atoms. The third kappa shape index (κ3) is 5.36. The third-order valence-electron chi connectivity index (χ3n) is 3.34. The summed E-state index contributed by atoms with van der Waals surface area (Å²) in [5.74, 6) is -0.900. The topological polar surface area (TPSA) is 59.5 Å². The second-order valence-electron chi connectivity index (χ2n) is 5.13. The van der Waals surface area contributed by atoms with Gasteiger partial charge in [-0.05, 0) is 36.1 Å². The van der Waals surface area contributed by atoms with E-state index in [0.717, 1.165) is 5.56 Å². The molecule has 8 heteroatoms. The van der Waals surface area contributed by atoms with Crippen LogP contribution >= 0.6 is 35.0 Å². The Hall–Kier alpha value is -1.76. The van der Waals surface area contributed by atoms with Crippen LogP contribution in [0.2, 0.25) is 10.0 Å². The van der Waals surface area contributed by atoms with E-state index >= 15 is 0 Å². The summed E-state index contributed by atoms with van der Waals surface area (Å²) in [5.41, 5.74) is 1.17. The molecule has 0 saturated carbocycles. The zero-order valence-electron chi connectivity index (χ0n) is 13.7. The van der Waals surface area contributed by atoms with E-state index in [1.165, 1.54) is 16.7 Å². The van der Waals surface area contributed by atoms with Crippen LogP contribution in [0.1, 0.15) is 15.9 Å². The highest BCUT2D eigenvalue weighted by Gasteiger charge is 2.17. The highest BCUT2D eigenvalue weighted by atomic mass is 35.5. The summed E-state index contributed by atoms with van der Waals surface area (Å²) in [6, 6.07) is 8.41. The lowest BCUT2D eigenvalue weighted by Crippen LogP contribution is -2.30. The predicted molar refractivity (Wildman–Crippen MR) is 99.2 cm³/mol. The molecule has 0 aliphatic carbocycles. The van der Waals surface area contributed by atoms with Crippen LogP contribution in [0.5, 0.6) is 0 Å². The van der Waals surface area contributed by atoms with Gasteiger partial charge < -0.3 is 9.64 Å². The summed E-state index contributed by atoms with van der Waals surface area (Å²) in [6.45, 7) is -0.0183. The number of halogens is 2. The SMILES string of the molecule is CSc1ncccc1C(=O)OCC(=O)N(C)Cc1ccc(Cl)c(Cl)c1. The molecule has 0 aliphatic heterocycles. The van der Waals surface area contributed by atoms with E-state index in [-0.39, 0.29) is 12.5 Å². The molecule has 0 unspecified atom stereocenters. The maximum atomic E-state index is 12.2. The van der Waals surface area contributed by atoms with E-state index in [2.05, 4.69) is 4.98 Å².